The van der Waals surface area contributed by atoms with Gasteiger partial charge in [-0.3, -0.25) is 0 Å². The Kier molecular flexibility index (Phi) is 3.13. The van der Waals surface area contributed by atoms with Crippen molar-refractivity contribution in [3.63, 3.8) is 0 Å². The second kappa shape index (κ2) is 4.23. The van der Waals surface area contributed by atoms with E-state index in [1.165, 1.54) is 12.8 Å². The molecule has 2 N–H and O–H groups in total. The molecule has 0 amide bonds. The molecule has 0 saturated heterocycles. The van der Waals surface area contributed by atoms with Crippen LogP contribution in [0.5, 0.6) is 0 Å². The molecule has 15 heavy (non-hydrogen) atoms. The number of aromatic nitrogens is 2. The van der Waals surface area contributed by atoms with Crippen molar-refractivity contribution in [1.29, 1.82) is 0 Å². The number of nitrogen functional groups attached to an aromatic ring is 1. The number of hydrogen-bond donors (Lipinski definition) is 1. The highest BCUT2D eigenvalue weighted by Gasteiger charge is 2.24. The minimum Gasteiger partial charge on any atom is -0.383 e. The lowest BCUT2D eigenvalue weighted by atomic mass is 10.1. The van der Waals surface area contributed by atoms with Crippen LogP contribution in [0.4, 0.5) is 5.82 Å². The zero-order valence-corrected chi connectivity index (χ0v) is 11.3. The Bertz CT molecular complexity index is 372. The Hall–Kier alpha value is -0.390. The van der Waals surface area contributed by atoms with Crippen LogP contribution in [-0.4, -0.2) is 9.97 Å². The molecule has 0 atom stereocenters. The van der Waals surface area contributed by atoms with Crippen LogP contribution in [0.2, 0.25) is 0 Å². The molecule has 1 heterocycles. The van der Waals surface area contributed by atoms with Crippen molar-refractivity contribution in [2.75, 3.05) is 5.73 Å². The van der Waals surface area contributed by atoms with Gasteiger partial charge in [-0.1, -0.05) is 13.8 Å². The standard InChI is InChI=1S/C11H16IN3/c1-6(2)10-9(12)11(13)15-8(14-10)5-7-3-4-7/h6-7H,3-5H2,1-2H3,(H2,13,14,15). The lowest BCUT2D eigenvalue weighted by Crippen LogP contribution is -2.09. The fraction of sp³-hybridized carbons (Fsp3) is 0.636. The molecule has 0 bridgehead atoms. The first-order chi connectivity index (χ1) is 7.08. The van der Waals surface area contributed by atoms with Gasteiger partial charge in [0.1, 0.15) is 11.6 Å². The Morgan fingerprint density at radius 1 is 1.40 bits per heavy atom. The normalized spacial score (nSPS) is 16.0. The van der Waals surface area contributed by atoms with E-state index >= 15 is 0 Å². The van der Waals surface area contributed by atoms with Gasteiger partial charge >= 0.3 is 0 Å². The second-order valence-electron chi connectivity index (χ2n) is 4.53. The highest BCUT2D eigenvalue weighted by atomic mass is 127. The van der Waals surface area contributed by atoms with Crippen LogP contribution in [0, 0.1) is 9.49 Å². The van der Waals surface area contributed by atoms with Gasteiger partial charge in [0.25, 0.3) is 0 Å². The molecule has 1 aromatic rings. The van der Waals surface area contributed by atoms with E-state index in [9.17, 15) is 0 Å². The van der Waals surface area contributed by atoms with Crippen LogP contribution >= 0.6 is 22.6 Å². The summed E-state index contributed by atoms with van der Waals surface area (Å²) >= 11 is 2.24. The van der Waals surface area contributed by atoms with Gasteiger partial charge in [0.2, 0.25) is 0 Å². The Labute approximate surface area is 104 Å². The maximum absolute atomic E-state index is 5.90. The quantitative estimate of drug-likeness (QED) is 0.872. The second-order valence-corrected chi connectivity index (χ2v) is 5.61. The summed E-state index contributed by atoms with van der Waals surface area (Å²) in [7, 11) is 0. The summed E-state index contributed by atoms with van der Waals surface area (Å²) in [5.41, 5.74) is 6.99. The van der Waals surface area contributed by atoms with E-state index in [4.69, 9.17) is 5.73 Å². The van der Waals surface area contributed by atoms with E-state index in [-0.39, 0.29) is 0 Å². The van der Waals surface area contributed by atoms with Crippen molar-refractivity contribution in [3.05, 3.63) is 15.1 Å². The van der Waals surface area contributed by atoms with E-state index in [0.717, 1.165) is 27.4 Å². The van der Waals surface area contributed by atoms with Crippen LogP contribution in [-0.2, 0) is 6.42 Å². The average molecular weight is 317 g/mol. The fourth-order valence-electron chi connectivity index (χ4n) is 1.59. The number of nitrogens with two attached hydrogens (primary N) is 1. The molecule has 4 heteroatoms. The molecule has 1 aliphatic carbocycles. The Morgan fingerprint density at radius 2 is 2.07 bits per heavy atom. The van der Waals surface area contributed by atoms with Crippen molar-refractivity contribution >= 4 is 28.4 Å². The molecule has 2 rings (SSSR count). The van der Waals surface area contributed by atoms with Gasteiger partial charge in [0, 0.05) is 6.42 Å². The van der Waals surface area contributed by atoms with Crippen LogP contribution in [0.25, 0.3) is 0 Å². The third-order valence-corrected chi connectivity index (χ3v) is 3.77. The smallest absolute Gasteiger partial charge is 0.140 e. The van der Waals surface area contributed by atoms with Crippen molar-refractivity contribution in [3.8, 4) is 0 Å². The lowest BCUT2D eigenvalue weighted by Gasteiger charge is -2.11. The topological polar surface area (TPSA) is 51.8 Å². The third-order valence-electron chi connectivity index (χ3n) is 2.66. The third kappa shape index (κ3) is 2.59. The van der Waals surface area contributed by atoms with E-state index < -0.39 is 0 Å². The molecule has 1 fully saturated rings. The molecular weight excluding hydrogens is 301 g/mol. The fourth-order valence-corrected chi connectivity index (χ4v) is 2.45. The SMILES string of the molecule is CC(C)c1nc(CC2CC2)nc(N)c1I. The largest absolute Gasteiger partial charge is 0.383 e. The maximum atomic E-state index is 5.90. The monoisotopic (exact) mass is 317 g/mol. The molecule has 0 aromatic carbocycles. The molecule has 0 radical (unpaired) electrons. The van der Waals surface area contributed by atoms with Gasteiger partial charge in [-0.2, -0.15) is 0 Å². The summed E-state index contributed by atoms with van der Waals surface area (Å²) in [6, 6.07) is 0. The van der Waals surface area contributed by atoms with E-state index in [2.05, 4.69) is 46.4 Å². The Balaban J connectivity index is 2.31. The summed E-state index contributed by atoms with van der Waals surface area (Å²) < 4.78 is 1.02. The summed E-state index contributed by atoms with van der Waals surface area (Å²) in [5, 5.41) is 0. The van der Waals surface area contributed by atoms with E-state index in [1.807, 2.05) is 0 Å². The summed E-state index contributed by atoms with van der Waals surface area (Å²) in [4.78, 5) is 8.97. The zero-order valence-electron chi connectivity index (χ0n) is 9.13. The molecular formula is C11H16IN3. The zero-order chi connectivity index (χ0) is 11.0. The maximum Gasteiger partial charge on any atom is 0.140 e. The van der Waals surface area contributed by atoms with Crippen molar-refractivity contribution in [1.82, 2.24) is 9.97 Å². The number of nitrogens with zero attached hydrogens (tertiary/aromatic N) is 2. The number of halogens is 1. The van der Waals surface area contributed by atoms with Crippen LogP contribution in [0.15, 0.2) is 0 Å². The van der Waals surface area contributed by atoms with Gasteiger partial charge in [0.15, 0.2) is 0 Å². The van der Waals surface area contributed by atoms with Gasteiger partial charge < -0.3 is 5.73 Å². The average Bonchev–Trinajstić information content (AvgIpc) is 2.94. The predicted molar refractivity (Wildman–Crippen MR) is 69.7 cm³/mol. The Morgan fingerprint density at radius 3 is 2.60 bits per heavy atom. The number of rotatable bonds is 3. The molecule has 1 saturated carbocycles. The number of hydrogen-bond acceptors (Lipinski definition) is 3. The summed E-state index contributed by atoms with van der Waals surface area (Å²) in [6.07, 6.45) is 3.65. The van der Waals surface area contributed by atoms with E-state index in [0.29, 0.717) is 11.7 Å². The lowest BCUT2D eigenvalue weighted by molar-refractivity contribution is 0.730. The molecule has 0 aliphatic heterocycles. The highest BCUT2D eigenvalue weighted by Crippen LogP contribution is 2.32. The first-order valence-electron chi connectivity index (χ1n) is 5.39. The van der Waals surface area contributed by atoms with Gasteiger partial charge in [-0.15, -0.1) is 0 Å². The van der Waals surface area contributed by atoms with Crippen LogP contribution in [0.1, 0.15) is 44.1 Å². The van der Waals surface area contributed by atoms with Gasteiger partial charge in [0.05, 0.1) is 9.26 Å². The van der Waals surface area contributed by atoms with Crippen molar-refractivity contribution in [2.24, 2.45) is 5.92 Å². The molecule has 0 unspecified atom stereocenters. The van der Waals surface area contributed by atoms with Gasteiger partial charge in [-0.05, 0) is 47.3 Å². The molecule has 1 aromatic heterocycles. The minimum atomic E-state index is 0.417. The van der Waals surface area contributed by atoms with E-state index in [1.54, 1.807) is 0 Å². The molecule has 0 spiro atoms. The molecule has 82 valence electrons. The molecule has 3 nitrogen and oxygen atoms in total. The molecule has 1 aliphatic rings. The van der Waals surface area contributed by atoms with Crippen molar-refractivity contribution < 1.29 is 0 Å². The summed E-state index contributed by atoms with van der Waals surface area (Å²) in [6.45, 7) is 4.29. The highest BCUT2D eigenvalue weighted by molar-refractivity contribution is 14.1. The first kappa shape index (κ1) is 11.1. The predicted octanol–water partition coefficient (Wildman–Crippen LogP) is 2.74. The van der Waals surface area contributed by atoms with Gasteiger partial charge in [-0.25, -0.2) is 9.97 Å². The van der Waals surface area contributed by atoms with Crippen molar-refractivity contribution in [2.45, 2.75) is 39.0 Å². The van der Waals surface area contributed by atoms with Crippen LogP contribution in [0.3, 0.4) is 0 Å². The summed E-state index contributed by atoms with van der Waals surface area (Å²) in [5.74, 6) is 2.80. The van der Waals surface area contributed by atoms with Crippen LogP contribution < -0.4 is 5.73 Å². The first-order valence-corrected chi connectivity index (χ1v) is 6.47. The number of anilines is 1. The minimum absolute atomic E-state index is 0.417.